The molecule has 0 N–H and O–H groups in total. The van der Waals surface area contributed by atoms with Crippen molar-refractivity contribution >= 4 is 84.8 Å². The summed E-state index contributed by atoms with van der Waals surface area (Å²) in [5.74, 6) is 1.96. The van der Waals surface area contributed by atoms with Gasteiger partial charge in [-0.05, 0) is 65.7 Å². The third kappa shape index (κ3) is 5.15. The highest BCUT2D eigenvalue weighted by atomic mass is 32.1. The molecule has 0 unspecified atom stereocenters. The second-order valence-electron chi connectivity index (χ2n) is 14.4. The maximum atomic E-state index is 5.32. The fourth-order valence-corrected chi connectivity index (χ4v) is 10.8. The van der Waals surface area contributed by atoms with Crippen LogP contribution in [0.5, 0.6) is 0 Å². The van der Waals surface area contributed by atoms with E-state index < -0.39 is 0 Å². The van der Waals surface area contributed by atoms with Crippen LogP contribution >= 0.6 is 22.7 Å². The monoisotopic (exact) mass is 762 g/mol. The van der Waals surface area contributed by atoms with E-state index in [2.05, 4.69) is 180 Å². The third-order valence-electron chi connectivity index (χ3n) is 11.1. The van der Waals surface area contributed by atoms with Gasteiger partial charge in [0, 0.05) is 68.8 Å². The Morgan fingerprint density at radius 3 is 1.82 bits per heavy atom. The molecular formula is C51H30N4S2. The number of rotatable bonds is 5. The zero-order chi connectivity index (χ0) is 37.5. The van der Waals surface area contributed by atoms with Crippen molar-refractivity contribution in [1.82, 2.24) is 19.5 Å². The molecule has 0 spiro atoms. The molecule has 0 aliphatic rings. The van der Waals surface area contributed by atoms with Crippen molar-refractivity contribution in [2.24, 2.45) is 0 Å². The summed E-state index contributed by atoms with van der Waals surface area (Å²) in [5, 5.41) is 7.38. The molecule has 4 aromatic heterocycles. The molecule has 0 fully saturated rings. The Bertz CT molecular complexity index is 3530. The Morgan fingerprint density at radius 2 is 0.965 bits per heavy atom. The average molecular weight is 763 g/mol. The summed E-state index contributed by atoms with van der Waals surface area (Å²) in [4.78, 5) is 15.8. The second kappa shape index (κ2) is 12.8. The summed E-state index contributed by atoms with van der Waals surface area (Å²) in [6.45, 7) is 0. The van der Waals surface area contributed by atoms with E-state index in [0.717, 1.165) is 38.2 Å². The van der Waals surface area contributed by atoms with Crippen LogP contribution in [0.15, 0.2) is 182 Å². The fourth-order valence-electron chi connectivity index (χ4n) is 8.41. The second-order valence-corrected chi connectivity index (χ2v) is 16.5. The van der Waals surface area contributed by atoms with Crippen LogP contribution in [0.1, 0.15) is 0 Å². The molecule has 0 amide bonds. The Hall–Kier alpha value is -6.99. The minimum absolute atomic E-state index is 0.646. The van der Waals surface area contributed by atoms with Crippen LogP contribution < -0.4 is 0 Å². The van der Waals surface area contributed by atoms with Crippen LogP contribution in [-0.2, 0) is 0 Å². The first kappa shape index (κ1) is 32.3. The molecule has 6 heteroatoms. The van der Waals surface area contributed by atoms with Crippen molar-refractivity contribution in [3.63, 3.8) is 0 Å². The standard InChI is InChI=1S/C51H30N4S2/c1-3-13-31(14-4-1)32-15-11-16-33(29-32)49-52-50(34-25-28-45-42(30-34)37-20-8-10-24-44(37)56-45)54-51(53-49)41-22-12-21-39-40-27-26-38-36-19-7-9-23-43(36)55(35-17-5-2-6-18-35)46(38)48(40)57-47(39)41/h1-30H. The molecule has 0 bridgehead atoms. The highest BCUT2D eigenvalue weighted by Gasteiger charge is 2.21. The number of para-hydroxylation sites is 2. The van der Waals surface area contributed by atoms with Gasteiger partial charge in [-0.2, -0.15) is 0 Å². The molecule has 0 saturated heterocycles. The topological polar surface area (TPSA) is 43.6 Å². The van der Waals surface area contributed by atoms with Gasteiger partial charge < -0.3 is 4.57 Å². The smallest absolute Gasteiger partial charge is 0.165 e. The number of nitrogens with zero attached hydrogens (tertiary/aromatic N) is 4. The van der Waals surface area contributed by atoms with Crippen LogP contribution in [0.25, 0.3) is 113 Å². The molecule has 4 heterocycles. The van der Waals surface area contributed by atoms with Crippen molar-refractivity contribution in [2.75, 3.05) is 0 Å². The summed E-state index contributed by atoms with van der Waals surface area (Å²) < 4.78 is 7.35. The molecule has 0 radical (unpaired) electrons. The van der Waals surface area contributed by atoms with Gasteiger partial charge in [0.25, 0.3) is 0 Å². The van der Waals surface area contributed by atoms with Gasteiger partial charge in [0.15, 0.2) is 17.5 Å². The van der Waals surface area contributed by atoms with Crippen molar-refractivity contribution in [2.45, 2.75) is 0 Å². The van der Waals surface area contributed by atoms with Gasteiger partial charge in [0.1, 0.15) is 0 Å². The van der Waals surface area contributed by atoms with Crippen molar-refractivity contribution in [1.29, 1.82) is 0 Å². The number of fused-ring (bicyclic) bond motifs is 10. The first-order valence-electron chi connectivity index (χ1n) is 19.0. The summed E-state index contributed by atoms with van der Waals surface area (Å²) in [6.07, 6.45) is 0. The summed E-state index contributed by atoms with van der Waals surface area (Å²) >= 11 is 3.64. The lowest BCUT2D eigenvalue weighted by Crippen LogP contribution is -2.00. The normalized spacial score (nSPS) is 11.9. The lowest BCUT2D eigenvalue weighted by molar-refractivity contribution is 1.08. The van der Waals surface area contributed by atoms with E-state index in [0.29, 0.717) is 17.5 Å². The molecule has 0 saturated carbocycles. The predicted octanol–water partition coefficient (Wildman–Crippen LogP) is 14.4. The van der Waals surface area contributed by atoms with Crippen LogP contribution in [-0.4, -0.2) is 19.5 Å². The van der Waals surface area contributed by atoms with Crippen LogP contribution in [0, 0.1) is 0 Å². The van der Waals surface area contributed by atoms with Gasteiger partial charge in [0.2, 0.25) is 0 Å². The van der Waals surface area contributed by atoms with Gasteiger partial charge in [-0.1, -0.05) is 127 Å². The molecule has 8 aromatic carbocycles. The lowest BCUT2D eigenvalue weighted by Gasteiger charge is -2.10. The van der Waals surface area contributed by atoms with Gasteiger partial charge >= 0.3 is 0 Å². The number of benzene rings is 8. The predicted molar refractivity (Wildman–Crippen MR) is 242 cm³/mol. The van der Waals surface area contributed by atoms with E-state index in [1.165, 1.54) is 57.5 Å². The molecule has 0 atom stereocenters. The molecule has 12 aromatic rings. The number of thiophene rings is 2. The molecule has 57 heavy (non-hydrogen) atoms. The lowest BCUT2D eigenvalue weighted by atomic mass is 10.0. The minimum Gasteiger partial charge on any atom is -0.308 e. The Morgan fingerprint density at radius 1 is 0.351 bits per heavy atom. The van der Waals surface area contributed by atoms with Gasteiger partial charge in [-0.3, -0.25) is 0 Å². The maximum Gasteiger partial charge on any atom is 0.165 e. The molecule has 0 aliphatic carbocycles. The zero-order valence-electron chi connectivity index (χ0n) is 30.4. The molecular weight excluding hydrogens is 733 g/mol. The van der Waals surface area contributed by atoms with E-state index in [1.807, 2.05) is 28.7 Å². The van der Waals surface area contributed by atoms with Crippen LogP contribution in [0.3, 0.4) is 0 Å². The maximum absolute atomic E-state index is 5.32. The van der Waals surface area contributed by atoms with E-state index in [9.17, 15) is 0 Å². The van der Waals surface area contributed by atoms with E-state index in [1.54, 1.807) is 0 Å². The van der Waals surface area contributed by atoms with E-state index >= 15 is 0 Å². The number of hydrogen-bond acceptors (Lipinski definition) is 5. The molecule has 12 rings (SSSR count). The van der Waals surface area contributed by atoms with Gasteiger partial charge in [0.05, 0.1) is 15.7 Å². The largest absolute Gasteiger partial charge is 0.308 e. The quantitative estimate of drug-likeness (QED) is 0.175. The average Bonchev–Trinajstić information content (AvgIpc) is 3.96. The minimum atomic E-state index is 0.646. The first-order valence-corrected chi connectivity index (χ1v) is 20.7. The van der Waals surface area contributed by atoms with Gasteiger partial charge in [-0.15, -0.1) is 22.7 Å². The van der Waals surface area contributed by atoms with Gasteiger partial charge in [-0.25, -0.2) is 15.0 Å². The summed E-state index contributed by atoms with van der Waals surface area (Å²) in [7, 11) is 0. The van der Waals surface area contributed by atoms with Crippen LogP contribution in [0.2, 0.25) is 0 Å². The third-order valence-corrected chi connectivity index (χ3v) is 13.5. The highest BCUT2D eigenvalue weighted by molar-refractivity contribution is 7.27. The summed E-state index contributed by atoms with van der Waals surface area (Å²) in [6, 6.07) is 64.8. The van der Waals surface area contributed by atoms with Crippen molar-refractivity contribution in [3.8, 4) is 51.0 Å². The van der Waals surface area contributed by atoms with E-state index in [4.69, 9.17) is 15.0 Å². The summed E-state index contributed by atoms with van der Waals surface area (Å²) in [5.41, 5.74) is 8.74. The Balaban J connectivity index is 1.11. The number of hydrogen-bond donors (Lipinski definition) is 0. The van der Waals surface area contributed by atoms with Crippen LogP contribution in [0.4, 0.5) is 0 Å². The first-order chi connectivity index (χ1) is 28.2. The SMILES string of the molecule is c1ccc(-c2cccc(-c3nc(-c4ccc5sc6ccccc6c5c4)nc(-c4cccc5c4sc4c5ccc5c6ccccc6n(-c6ccccc6)c54)n3)c2)cc1. The molecule has 0 aliphatic heterocycles. The number of aromatic nitrogens is 4. The molecule has 266 valence electrons. The molecule has 4 nitrogen and oxygen atoms in total. The van der Waals surface area contributed by atoms with Crippen molar-refractivity contribution < 1.29 is 0 Å². The highest BCUT2D eigenvalue weighted by Crippen LogP contribution is 2.46. The Labute approximate surface area is 335 Å². The Kier molecular flexibility index (Phi) is 7.24. The van der Waals surface area contributed by atoms with E-state index in [-0.39, 0.29) is 0 Å². The fraction of sp³-hybridized carbons (Fsp3) is 0. The van der Waals surface area contributed by atoms with Crippen molar-refractivity contribution in [3.05, 3.63) is 182 Å². The zero-order valence-corrected chi connectivity index (χ0v) is 32.1.